The number of nitrogens with zero attached hydrogens (tertiary/aromatic N) is 1. The summed E-state index contributed by atoms with van der Waals surface area (Å²) >= 11 is 0. The molecule has 4 heteroatoms. The number of nitriles is 1. The number of hydrogen-bond acceptors (Lipinski definition) is 3. The zero-order valence-electron chi connectivity index (χ0n) is 12.3. The fourth-order valence-corrected chi connectivity index (χ4v) is 1.59. The predicted molar refractivity (Wildman–Crippen MR) is 77.7 cm³/mol. The van der Waals surface area contributed by atoms with Gasteiger partial charge in [0.2, 0.25) is 5.91 Å². The van der Waals surface area contributed by atoms with Crippen LogP contribution < -0.4 is 5.32 Å². The van der Waals surface area contributed by atoms with Gasteiger partial charge in [0.15, 0.2) is 0 Å². The second-order valence-corrected chi connectivity index (χ2v) is 5.60. The Balaban J connectivity index is 2.37. The molecule has 0 saturated carbocycles. The van der Waals surface area contributed by atoms with Gasteiger partial charge in [0.1, 0.15) is 0 Å². The Hall–Kier alpha value is -1.86. The third-order valence-electron chi connectivity index (χ3n) is 2.98. The van der Waals surface area contributed by atoms with E-state index in [4.69, 9.17) is 10.00 Å². The molecule has 0 radical (unpaired) electrons. The van der Waals surface area contributed by atoms with E-state index in [2.05, 4.69) is 11.4 Å². The minimum atomic E-state index is -0.607. The molecule has 0 aliphatic heterocycles. The smallest absolute Gasteiger partial charge is 0.228 e. The van der Waals surface area contributed by atoms with E-state index in [0.29, 0.717) is 19.8 Å². The molecular weight excluding hydrogens is 252 g/mol. The molecule has 0 aliphatic carbocycles. The SMILES string of the molecule is CC(C#N)CNC(=O)C(C)(C)COCc1ccccc1. The quantitative estimate of drug-likeness (QED) is 0.831. The molecule has 1 unspecified atom stereocenters. The third kappa shape index (κ3) is 5.41. The van der Waals surface area contributed by atoms with Crippen LogP contribution in [0.3, 0.4) is 0 Å². The first kappa shape index (κ1) is 16.2. The average molecular weight is 274 g/mol. The van der Waals surface area contributed by atoms with Gasteiger partial charge in [-0.15, -0.1) is 0 Å². The summed E-state index contributed by atoms with van der Waals surface area (Å²) in [5.41, 5.74) is 0.478. The minimum absolute atomic E-state index is 0.0901. The lowest BCUT2D eigenvalue weighted by molar-refractivity contribution is -0.133. The van der Waals surface area contributed by atoms with E-state index in [9.17, 15) is 4.79 Å². The Morgan fingerprint density at radius 3 is 2.65 bits per heavy atom. The van der Waals surface area contributed by atoms with Crippen LogP contribution in [0.4, 0.5) is 0 Å². The van der Waals surface area contributed by atoms with Crippen LogP contribution in [0.15, 0.2) is 30.3 Å². The Labute approximate surface area is 120 Å². The summed E-state index contributed by atoms with van der Waals surface area (Å²) in [6, 6.07) is 11.9. The molecule has 1 rings (SSSR count). The van der Waals surface area contributed by atoms with Crippen LogP contribution in [0.25, 0.3) is 0 Å². The Bertz CT molecular complexity index is 463. The highest BCUT2D eigenvalue weighted by molar-refractivity contribution is 5.81. The van der Waals surface area contributed by atoms with Gasteiger partial charge < -0.3 is 10.1 Å². The van der Waals surface area contributed by atoms with E-state index in [1.54, 1.807) is 6.92 Å². The molecule has 4 nitrogen and oxygen atoms in total. The maximum atomic E-state index is 12.0. The average Bonchev–Trinajstić information content (AvgIpc) is 2.45. The van der Waals surface area contributed by atoms with Gasteiger partial charge >= 0.3 is 0 Å². The van der Waals surface area contributed by atoms with Crippen molar-refractivity contribution in [1.82, 2.24) is 5.32 Å². The summed E-state index contributed by atoms with van der Waals surface area (Å²) in [5.74, 6) is -0.271. The summed E-state index contributed by atoms with van der Waals surface area (Å²) in [7, 11) is 0. The number of nitrogens with one attached hydrogen (secondary N) is 1. The van der Waals surface area contributed by atoms with Gasteiger partial charge in [-0.05, 0) is 26.3 Å². The molecule has 1 atom stereocenters. The second-order valence-electron chi connectivity index (χ2n) is 5.60. The van der Waals surface area contributed by atoms with Gasteiger partial charge in [0.25, 0.3) is 0 Å². The summed E-state index contributed by atoms with van der Waals surface area (Å²) in [6.45, 7) is 6.66. The van der Waals surface area contributed by atoms with Gasteiger partial charge in [-0.2, -0.15) is 5.26 Å². The number of amides is 1. The topological polar surface area (TPSA) is 62.1 Å². The number of hydrogen-bond donors (Lipinski definition) is 1. The van der Waals surface area contributed by atoms with E-state index >= 15 is 0 Å². The standard InChI is InChI=1S/C16H22N2O2/c1-13(9-17)10-18-15(19)16(2,3)12-20-11-14-7-5-4-6-8-14/h4-8,13H,10-12H2,1-3H3,(H,18,19). The van der Waals surface area contributed by atoms with E-state index in [0.717, 1.165) is 5.56 Å². The third-order valence-corrected chi connectivity index (χ3v) is 2.98. The summed E-state index contributed by atoms with van der Waals surface area (Å²) < 4.78 is 5.61. The van der Waals surface area contributed by atoms with Crippen LogP contribution in [0, 0.1) is 22.7 Å². The zero-order valence-corrected chi connectivity index (χ0v) is 12.3. The van der Waals surface area contributed by atoms with E-state index < -0.39 is 5.41 Å². The van der Waals surface area contributed by atoms with Gasteiger partial charge in [0.05, 0.1) is 30.6 Å². The fourth-order valence-electron chi connectivity index (χ4n) is 1.59. The molecule has 1 aromatic rings. The molecule has 0 fully saturated rings. The molecule has 0 aromatic heterocycles. The first-order valence-electron chi connectivity index (χ1n) is 6.75. The highest BCUT2D eigenvalue weighted by Crippen LogP contribution is 2.17. The van der Waals surface area contributed by atoms with Gasteiger partial charge in [-0.1, -0.05) is 30.3 Å². The summed E-state index contributed by atoms with van der Waals surface area (Å²) in [6.07, 6.45) is 0. The van der Waals surface area contributed by atoms with Gasteiger partial charge in [0, 0.05) is 6.54 Å². The minimum Gasteiger partial charge on any atom is -0.376 e. The molecule has 0 spiro atoms. The van der Waals surface area contributed by atoms with Crippen LogP contribution in [0.1, 0.15) is 26.3 Å². The van der Waals surface area contributed by atoms with Gasteiger partial charge in [-0.3, -0.25) is 4.79 Å². The van der Waals surface area contributed by atoms with E-state index in [1.807, 2.05) is 44.2 Å². The highest BCUT2D eigenvalue weighted by Gasteiger charge is 2.28. The Morgan fingerprint density at radius 2 is 2.05 bits per heavy atom. The predicted octanol–water partition coefficient (Wildman–Crippen LogP) is 2.51. The largest absolute Gasteiger partial charge is 0.376 e. The van der Waals surface area contributed by atoms with Crippen LogP contribution in [0.2, 0.25) is 0 Å². The van der Waals surface area contributed by atoms with Crippen molar-refractivity contribution in [2.75, 3.05) is 13.2 Å². The van der Waals surface area contributed by atoms with Crippen LogP contribution in [0.5, 0.6) is 0 Å². The lowest BCUT2D eigenvalue weighted by Gasteiger charge is -2.23. The van der Waals surface area contributed by atoms with Crippen molar-refractivity contribution in [3.8, 4) is 6.07 Å². The maximum Gasteiger partial charge on any atom is 0.228 e. The summed E-state index contributed by atoms with van der Waals surface area (Å²) in [4.78, 5) is 12.0. The van der Waals surface area contributed by atoms with Crippen molar-refractivity contribution in [1.29, 1.82) is 5.26 Å². The maximum absolute atomic E-state index is 12.0. The first-order chi connectivity index (χ1) is 9.45. The molecule has 1 N–H and O–H groups in total. The molecular formula is C16H22N2O2. The van der Waals surface area contributed by atoms with Crippen molar-refractivity contribution in [2.24, 2.45) is 11.3 Å². The number of carbonyl (C=O) groups excluding carboxylic acids is 1. The number of rotatable bonds is 7. The molecule has 20 heavy (non-hydrogen) atoms. The number of carbonyl (C=O) groups is 1. The van der Waals surface area contributed by atoms with Crippen LogP contribution in [-0.2, 0) is 16.1 Å². The first-order valence-corrected chi connectivity index (χ1v) is 6.75. The van der Waals surface area contributed by atoms with E-state index in [1.165, 1.54) is 0 Å². The molecule has 0 bridgehead atoms. The molecule has 108 valence electrons. The molecule has 1 aromatic carbocycles. The molecule has 1 amide bonds. The lowest BCUT2D eigenvalue weighted by Crippen LogP contribution is -2.41. The molecule has 0 aliphatic rings. The molecule has 0 heterocycles. The van der Waals surface area contributed by atoms with Crippen molar-refractivity contribution in [3.05, 3.63) is 35.9 Å². The number of benzene rings is 1. The van der Waals surface area contributed by atoms with Crippen molar-refractivity contribution >= 4 is 5.91 Å². The highest BCUT2D eigenvalue weighted by atomic mass is 16.5. The van der Waals surface area contributed by atoms with Crippen molar-refractivity contribution < 1.29 is 9.53 Å². The Morgan fingerprint density at radius 1 is 1.40 bits per heavy atom. The fraction of sp³-hybridized carbons (Fsp3) is 0.500. The van der Waals surface area contributed by atoms with Crippen molar-refractivity contribution in [3.63, 3.8) is 0 Å². The number of ether oxygens (including phenoxy) is 1. The van der Waals surface area contributed by atoms with Crippen LogP contribution >= 0.6 is 0 Å². The normalized spacial score (nSPS) is 12.5. The van der Waals surface area contributed by atoms with Crippen LogP contribution in [-0.4, -0.2) is 19.1 Å². The monoisotopic (exact) mass is 274 g/mol. The summed E-state index contributed by atoms with van der Waals surface area (Å²) in [5, 5.41) is 11.5. The molecule has 0 saturated heterocycles. The van der Waals surface area contributed by atoms with E-state index in [-0.39, 0.29) is 11.8 Å². The van der Waals surface area contributed by atoms with Gasteiger partial charge in [-0.25, -0.2) is 0 Å². The second kappa shape index (κ2) is 7.66. The lowest BCUT2D eigenvalue weighted by atomic mass is 9.93. The zero-order chi connectivity index (χ0) is 15.0. The van der Waals surface area contributed by atoms with Crippen molar-refractivity contribution in [2.45, 2.75) is 27.4 Å². The Kier molecular flexibility index (Phi) is 6.20.